The Morgan fingerprint density at radius 2 is 1.86 bits per heavy atom. The molecule has 6 nitrogen and oxygen atoms in total. The van der Waals surface area contributed by atoms with E-state index in [-0.39, 0.29) is 17.6 Å². The minimum atomic E-state index is -0.0989. The van der Waals surface area contributed by atoms with E-state index >= 15 is 0 Å². The molecule has 2 amide bonds. The normalized spacial score (nSPS) is 15.0. The average Bonchev–Trinajstić information content (AvgIpc) is 2.54. The lowest BCUT2D eigenvalue weighted by Crippen LogP contribution is -2.50. The molecule has 0 aromatic heterocycles. The fraction of sp³-hybridized carbons (Fsp3) is 0.500. The van der Waals surface area contributed by atoms with Crippen LogP contribution in [0.5, 0.6) is 5.75 Å². The molecule has 0 aliphatic carbocycles. The van der Waals surface area contributed by atoms with Gasteiger partial charge in [-0.15, -0.1) is 0 Å². The van der Waals surface area contributed by atoms with Gasteiger partial charge < -0.3 is 20.2 Å². The van der Waals surface area contributed by atoms with Crippen LogP contribution < -0.4 is 5.32 Å². The molecule has 1 fully saturated rings. The third kappa shape index (κ3) is 4.21. The standard InChI is InChI=1S/C16H23N3O3/c1-17-7-3-6-15(21)18-8-10-19(11-9-18)16(22)13-4-2-5-14(20)12-13/h2,4-5,12,17,20H,3,6-11H2,1H3. The Morgan fingerprint density at radius 3 is 2.50 bits per heavy atom. The zero-order valence-electron chi connectivity index (χ0n) is 12.9. The number of hydrogen-bond acceptors (Lipinski definition) is 4. The number of benzene rings is 1. The van der Waals surface area contributed by atoms with Gasteiger partial charge in [-0.3, -0.25) is 9.59 Å². The third-order valence-electron chi connectivity index (χ3n) is 3.83. The zero-order valence-corrected chi connectivity index (χ0v) is 12.9. The van der Waals surface area contributed by atoms with E-state index in [1.165, 1.54) is 6.07 Å². The highest BCUT2D eigenvalue weighted by Gasteiger charge is 2.24. The number of aromatic hydroxyl groups is 1. The Balaban J connectivity index is 1.84. The SMILES string of the molecule is CNCCCC(=O)N1CCN(C(=O)c2cccc(O)c2)CC1. The monoisotopic (exact) mass is 305 g/mol. The van der Waals surface area contributed by atoms with Gasteiger partial charge in [0.15, 0.2) is 0 Å². The van der Waals surface area contributed by atoms with Crippen molar-refractivity contribution in [3.63, 3.8) is 0 Å². The number of hydrogen-bond donors (Lipinski definition) is 2. The predicted molar refractivity (Wildman–Crippen MR) is 83.8 cm³/mol. The lowest BCUT2D eigenvalue weighted by Gasteiger charge is -2.35. The summed E-state index contributed by atoms with van der Waals surface area (Å²) in [5.41, 5.74) is 0.480. The average molecular weight is 305 g/mol. The number of nitrogens with one attached hydrogen (secondary N) is 1. The lowest BCUT2D eigenvalue weighted by atomic mass is 10.1. The summed E-state index contributed by atoms with van der Waals surface area (Å²) < 4.78 is 0. The highest BCUT2D eigenvalue weighted by Crippen LogP contribution is 2.14. The van der Waals surface area contributed by atoms with Crippen LogP contribution in [0, 0.1) is 0 Å². The van der Waals surface area contributed by atoms with Gasteiger partial charge >= 0.3 is 0 Å². The van der Waals surface area contributed by atoms with E-state index in [1.54, 1.807) is 23.1 Å². The highest BCUT2D eigenvalue weighted by molar-refractivity contribution is 5.94. The molecule has 0 radical (unpaired) electrons. The van der Waals surface area contributed by atoms with Gasteiger partial charge in [0, 0.05) is 38.2 Å². The van der Waals surface area contributed by atoms with E-state index in [9.17, 15) is 14.7 Å². The van der Waals surface area contributed by atoms with Gasteiger partial charge in [-0.05, 0) is 38.2 Å². The number of nitrogens with zero attached hydrogens (tertiary/aromatic N) is 2. The molecule has 0 unspecified atom stereocenters. The molecule has 1 aliphatic rings. The highest BCUT2D eigenvalue weighted by atomic mass is 16.3. The molecule has 0 atom stereocenters. The van der Waals surface area contributed by atoms with E-state index in [0.29, 0.717) is 38.2 Å². The van der Waals surface area contributed by atoms with Gasteiger partial charge in [0.05, 0.1) is 0 Å². The number of amides is 2. The first-order valence-corrected chi connectivity index (χ1v) is 7.62. The van der Waals surface area contributed by atoms with Crippen molar-refractivity contribution in [2.75, 3.05) is 39.8 Å². The fourth-order valence-corrected chi connectivity index (χ4v) is 2.55. The summed E-state index contributed by atoms with van der Waals surface area (Å²) in [6.07, 6.45) is 1.37. The minimum Gasteiger partial charge on any atom is -0.508 e. The fourth-order valence-electron chi connectivity index (χ4n) is 2.55. The lowest BCUT2D eigenvalue weighted by molar-refractivity contribution is -0.132. The van der Waals surface area contributed by atoms with Crippen LogP contribution >= 0.6 is 0 Å². The maximum Gasteiger partial charge on any atom is 0.254 e. The smallest absolute Gasteiger partial charge is 0.254 e. The molecule has 1 heterocycles. The summed E-state index contributed by atoms with van der Waals surface area (Å²) in [5.74, 6) is 0.141. The molecular formula is C16H23N3O3. The minimum absolute atomic E-state index is 0.0872. The number of rotatable bonds is 5. The van der Waals surface area contributed by atoms with Gasteiger partial charge in [0.25, 0.3) is 5.91 Å². The Labute approximate surface area is 130 Å². The molecule has 6 heteroatoms. The second kappa shape index (κ2) is 7.79. The molecule has 2 N–H and O–H groups in total. The summed E-state index contributed by atoms with van der Waals surface area (Å²) in [6, 6.07) is 6.36. The summed E-state index contributed by atoms with van der Waals surface area (Å²) >= 11 is 0. The van der Waals surface area contributed by atoms with Crippen molar-refractivity contribution in [2.24, 2.45) is 0 Å². The molecule has 22 heavy (non-hydrogen) atoms. The van der Waals surface area contributed by atoms with Crippen LogP contribution in [0.2, 0.25) is 0 Å². The van der Waals surface area contributed by atoms with Gasteiger partial charge in [-0.2, -0.15) is 0 Å². The second-order valence-electron chi connectivity index (χ2n) is 5.43. The van der Waals surface area contributed by atoms with Crippen molar-refractivity contribution in [2.45, 2.75) is 12.8 Å². The molecule has 1 saturated heterocycles. The van der Waals surface area contributed by atoms with E-state index < -0.39 is 0 Å². The largest absolute Gasteiger partial charge is 0.508 e. The van der Waals surface area contributed by atoms with Crippen molar-refractivity contribution in [3.05, 3.63) is 29.8 Å². The van der Waals surface area contributed by atoms with Crippen molar-refractivity contribution >= 4 is 11.8 Å². The van der Waals surface area contributed by atoms with Gasteiger partial charge in [-0.1, -0.05) is 6.07 Å². The van der Waals surface area contributed by atoms with Crippen LogP contribution in [0.1, 0.15) is 23.2 Å². The maximum absolute atomic E-state index is 12.3. The molecule has 1 aromatic rings. The molecule has 0 saturated carbocycles. The molecule has 1 aliphatic heterocycles. The van der Waals surface area contributed by atoms with Gasteiger partial charge in [-0.25, -0.2) is 0 Å². The van der Waals surface area contributed by atoms with Crippen LogP contribution in [-0.2, 0) is 4.79 Å². The van der Waals surface area contributed by atoms with Crippen LogP contribution in [0.3, 0.4) is 0 Å². The van der Waals surface area contributed by atoms with E-state index in [0.717, 1.165) is 13.0 Å². The maximum atomic E-state index is 12.3. The number of carbonyl (C=O) groups excluding carboxylic acids is 2. The molecular weight excluding hydrogens is 282 g/mol. The molecule has 1 aromatic carbocycles. The Hall–Kier alpha value is -2.08. The second-order valence-corrected chi connectivity index (χ2v) is 5.43. The first kappa shape index (κ1) is 16.3. The molecule has 120 valence electrons. The summed E-state index contributed by atoms with van der Waals surface area (Å²) in [4.78, 5) is 27.9. The number of phenolic OH excluding ortho intramolecular Hbond substituents is 1. The van der Waals surface area contributed by atoms with Crippen molar-refractivity contribution in [3.8, 4) is 5.75 Å². The summed E-state index contributed by atoms with van der Waals surface area (Å²) in [5, 5.41) is 12.5. The summed E-state index contributed by atoms with van der Waals surface area (Å²) in [6.45, 7) is 3.05. The van der Waals surface area contributed by atoms with Gasteiger partial charge in [0.2, 0.25) is 5.91 Å². The Kier molecular flexibility index (Phi) is 5.77. The number of piperazine rings is 1. The van der Waals surface area contributed by atoms with Crippen molar-refractivity contribution < 1.29 is 14.7 Å². The predicted octanol–water partition coefficient (Wildman–Crippen LogP) is 0.676. The van der Waals surface area contributed by atoms with Crippen molar-refractivity contribution in [1.82, 2.24) is 15.1 Å². The van der Waals surface area contributed by atoms with Crippen LogP contribution in [-0.4, -0.2) is 66.5 Å². The number of carbonyl (C=O) groups is 2. The Morgan fingerprint density at radius 1 is 1.18 bits per heavy atom. The molecule has 2 rings (SSSR count). The quantitative estimate of drug-likeness (QED) is 0.785. The van der Waals surface area contributed by atoms with Crippen molar-refractivity contribution in [1.29, 1.82) is 0 Å². The van der Waals surface area contributed by atoms with Crippen LogP contribution in [0.25, 0.3) is 0 Å². The summed E-state index contributed by atoms with van der Waals surface area (Å²) in [7, 11) is 1.87. The van der Waals surface area contributed by atoms with Crippen LogP contribution in [0.4, 0.5) is 0 Å². The number of phenols is 1. The zero-order chi connectivity index (χ0) is 15.9. The first-order chi connectivity index (χ1) is 10.6. The molecule has 0 bridgehead atoms. The topological polar surface area (TPSA) is 72.9 Å². The Bertz CT molecular complexity index is 525. The van der Waals surface area contributed by atoms with E-state index in [1.807, 2.05) is 11.9 Å². The van der Waals surface area contributed by atoms with E-state index in [2.05, 4.69) is 5.32 Å². The third-order valence-corrected chi connectivity index (χ3v) is 3.83. The van der Waals surface area contributed by atoms with E-state index in [4.69, 9.17) is 0 Å². The first-order valence-electron chi connectivity index (χ1n) is 7.62. The van der Waals surface area contributed by atoms with Gasteiger partial charge in [0.1, 0.15) is 5.75 Å². The molecule has 0 spiro atoms. The van der Waals surface area contributed by atoms with Crippen LogP contribution in [0.15, 0.2) is 24.3 Å².